The summed E-state index contributed by atoms with van der Waals surface area (Å²) in [7, 11) is 0. The number of carbonyl (C=O) groups excluding carboxylic acids is 1. The molecule has 2 unspecified atom stereocenters. The Hall–Kier alpha value is -2.04. The molecular weight excluding hydrogens is 360 g/mol. The van der Waals surface area contributed by atoms with Crippen LogP contribution in [0, 0.1) is 5.92 Å². The molecule has 1 aliphatic heterocycles. The van der Waals surface area contributed by atoms with Crippen LogP contribution in [0.1, 0.15) is 25.3 Å². The number of hydrogen-bond donors (Lipinski definition) is 1. The maximum Gasteiger partial charge on any atom is 0.260 e. The molecule has 2 atom stereocenters. The van der Waals surface area contributed by atoms with E-state index >= 15 is 0 Å². The SMILES string of the molecule is CC(Oc1ccccc1Cl)C(=O)NCC1CCCN(Cc2ccccc2)C1. The maximum atomic E-state index is 12.4. The Balaban J connectivity index is 1.44. The minimum atomic E-state index is -0.575. The van der Waals surface area contributed by atoms with Crippen LogP contribution < -0.4 is 10.1 Å². The lowest BCUT2D eigenvalue weighted by Gasteiger charge is -2.33. The van der Waals surface area contributed by atoms with Gasteiger partial charge in [-0.05, 0) is 49.9 Å². The number of amides is 1. The number of carbonyl (C=O) groups is 1. The highest BCUT2D eigenvalue weighted by atomic mass is 35.5. The third-order valence-corrected chi connectivity index (χ3v) is 5.24. The molecule has 0 aliphatic carbocycles. The van der Waals surface area contributed by atoms with Crippen molar-refractivity contribution in [2.24, 2.45) is 5.92 Å². The van der Waals surface area contributed by atoms with Crippen molar-refractivity contribution in [3.8, 4) is 5.75 Å². The van der Waals surface area contributed by atoms with E-state index in [-0.39, 0.29) is 5.91 Å². The zero-order valence-electron chi connectivity index (χ0n) is 15.7. The van der Waals surface area contributed by atoms with Crippen molar-refractivity contribution in [1.82, 2.24) is 10.2 Å². The second-order valence-electron chi connectivity index (χ2n) is 7.16. The van der Waals surface area contributed by atoms with Gasteiger partial charge in [0.25, 0.3) is 5.91 Å². The number of nitrogens with zero attached hydrogens (tertiary/aromatic N) is 1. The van der Waals surface area contributed by atoms with Crippen molar-refractivity contribution in [2.45, 2.75) is 32.4 Å². The van der Waals surface area contributed by atoms with Crippen LogP contribution in [-0.2, 0) is 11.3 Å². The number of rotatable bonds is 7. The van der Waals surface area contributed by atoms with Gasteiger partial charge < -0.3 is 10.1 Å². The van der Waals surface area contributed by atoms with Gasteiger partial charge >= 0.3 is 0 Å². The second-order valence-corrected chi connectivity index (χ2v) is 7.57. The average molecular weight is 387 g/mol. The Bertz CT molecular complexity index is 738. The highest BCUT2D eigenvalue weighted by Gasteiger charge is 2.22. The summed E-state index contributed by atoms with van der Waals surface area (Å²) < 4.78 is 5.69. The van der Waals surface area contributed by atoms with Crippen LogP contribution >= 0.6 is 11.6 Å². The van der Waals surface area contributed by atoms with E-state index < -0.39 is 6.10 Å². The number of piperidine rings is 1. The Labute approximate surface area is 166 Å². The van der Waals surface area contributed by atoms with Gasteiger partial charge in [-0.3, -0.25) is 9.69 Å². The lowest BCUT2D eigenvalue weighted by Crippen LogP contribution is -2.43. The predicted molar refractivity (Wildman–Crippen MR) is 109 cm³/mol. The van der Waals surface area contributed by atoms with E-state index in [4.69, 9.17) is 16.3 Å². The van der Waals surface area contributed by atoms with Gasteiger partial charge in [0, 0.05) is 19.6 Å². The molecule has 0 saturated carbocycles. The minimum absolute atomic E-state index is 0.102. The fourth-order valence-electron chi connectivity index (χ4n) is 3.48. The lowest BCUT2D eigenvalue weighted by atomic mass is 9.97. The molecule has 2 aromatic carbocycles. The largest absolute Gasteiger partial charge is 0.479 e. The van der Waals surface area contributed by atoms with Gasteiger partial charge in [-0.1, -0.05) is 54.1 Å². The average Bonchev–Trinajstić information content (AvgIpc) is 2.69. The summed E-state index contributed by atoms with van der Waals surface area (Å²) in [5.41, 5.74) is 1.34. The van der Waals surface area contributed by atoms with Crippen LogP contribution in [0.4, 0.5) is 0 Å². The zero-order chi connectivity index (χ0) is 19.1. The molecule has 0 radical (unpaired) electrons. The molecule has 0 bridgehead atoms. The van der Waals surface area contributed by atoms with Gasteiger partial charge in [0.2, 0.25) is 0 Å². The molecule has 4 nitrogen and oxygen atoms in total. The molecule has 1 amide bonds. The third-order valence-electron chi connectivity index (χ3n) is 4.93. The van der Waals surface area contributed by atoms with E-state index in [2.05, 4.69) is 34.5 Å². The van der Waals surface area contributed by atoms with Gasteiger partial charge in [0.1, 0.15) is 5.75 Å². The number of ether oxygens (including phenoxy) is 1. The highest BCUT2D eigenvalue weighted by Crippen LogP contribution is 2.24. The Morgan fingerprint density at radius 3 is 2.74 bits per heavy atom. The molecule has 144 valence electrons. The van der Waals surface area contributed by atoms with Crippen molar-refractivity contribution in [2.75, 3.05) is 19.6 Å². The van der Waals surface area contributed by atoms with E-state index in [1.54, 1.807) is 19.1 Å². The molecule has 1 aliphatic rings. The Morgan fingerprint density at radius 1 is 1.22 bits per heavy atom. The molecule has 2 aromatic rings. The molecular formula is C22H27ClN2O2. The predicted octanol–water partition coefficient (Wildman–Crippen LogP) is 4.14. The number of nitrogens with one attached hydrogen (secondary N) is 1. The summed E-state index contributed by atoms with van der Waals surface area (Å²) in [6.07, 6.45) is 1.73. The van der Waals surface area contributed by atoms with E-state index in [1.807, 2.05) is 18.2 Å². The van der Waals surface area contributed by atoms with Crippen molar-refractivity contribution >= 4 is 17.5 Å². The van der Waals surface area contributed by atoms with E-state index in [0.717, 1.165) is 26.1 Å². The van der Waals surface area contributed by atoms with E-state index in [0.29, 0.717) is 23.2 Å². The van der Waals surface area contributed by atoms with Gasteiger partial charge in [-0.15, -0.1) is 0 Å². The van der Waals surface area contributed by atoms with Crippen LogP contribution in [0.2, 0.25) is 5.02 Å². The van der Waals surface area contributed by atoms with Gasteiger partial charge in [-0.25, -0.2) is 0 Å². The number of hydrogen-bond acceptors (Lipinski definition) is 3. The lowest BCUT2D eigenvalue weighted by molar-refractivity contribution is -0.127. The van der Waals surface area contributed by atoms with E-state index in [1.165, 1.54) is 12.0 Å². The maximum absolute atomic E-state index is 12.4. The molecule has 0 spiro atoms. The first kappa shape index (κ1) is 19.7. The van der Waals surface area contributed by atoms with Crippen molar-refractivity contribution < 1.29 is 9.53 Å². The van der Waals surface area contributed by atoms with Crippen LogP contribution in [0.5, 0.6) is 5.75 Å². The summed E-state index contributed by atoms with van der Waals surface area (Å²) in [6.45, 7) is 5.53. The van der Waals surface area contributed by atoms with Gasteiger partial charge in [0.05, 0.1) is 5.02 Å². The van der Waals surface area contributed by atoms with E-state index in [9.17, 15) is 4.79 Å². The van der Waals surface area contributed by atoms with Crippen LogP contribution in [0.15, 0.2) is 54.6 Å². The molecule has 1 saturated heterocycles. The summed E-state index contributed by atoms with van der Waals surface area (Å²) in [4.78, 5) is 14.9. The first-order valence-corrected chi connectivity index (χ1v) is 9.95. The molecule has 0 aromatic heterocycles. The number of para-hydroxylation sites is 1. The number of halogens is 1. The smallest absolute Gasteiger partial charge is 0.260 e. The second kappa shape index (κ2) is 9.77. The van der Waals surface area contributed by atoms with Gasteiger partial charge in [0.15, 0.2) is 6.10 Å². The standard InChI is InChI=1S/C22H27ClN2O2/c1-17(27-21-12-6-5-11-20(21)23)22(26)24-14-19-10-7-13-25(16-19)15-18-8-3-2-4-9-18/h2-6,8-9,11-12,17,19H,7,10,13-16H2,1H3,(H,24,26). The van der Waals surface area contributed by atoms with Crippen molar-refractivity contribution in [3.63, 3.8) is 0 Å². The van der Waals surface area contributed by atoms with Gasteiger partial charge in [-0.2, -0.15) is 0 Å². The number of likely N-dealkylation sites (tertiary alicyclic amines) is 1. The molecule has 1 fully saturated rings. The molecule has 5 heteroatoms. The molecule has 1 N–H and O–H groups in total. The van der Waals surface area contributed by atoms with Crippen molar-refractivity contribution in [1.29, 1.82) is 0 Å². The molecule has 27 heavy (non-hydrogen) atoms. The minimum Gasteiger partial charge on any atom is -0.479 e. The topological polar surface area (TPSA) is 41.6 Å². The normalized spacial score (nSPS) is 18.7. The Kier molecular flexibility index (Phi) is 7.13. The zero-order valence-corrected chi connectivity index (χ0v) is 16.5. The van der Waals surface area contributed by atoms with Crippen LogP contribution in [0.3, 0.4) is 0 Å². The quantitative estimate of drug-likeness (QED) is 0.777. The van der Waals surface area contributed by atoms with Crippen LogP contribution in [-0.4, -0.2) is 36.5 Å². The highest BCUT2D eigenvalue weighted by molar-refractivity contribution is 6.32. The first-order valence-electron chi connectivity index (χ1n) is 9.57. The first-order chi connectivity index (χ1) is 13.1. The third kappa shape index (κ3) is 5.98. The summed E-state index contributed by atoms with van der Waals surface area (Å²) in [5, 5.41) is 3.56. The Morgan fingerprint density at radius 2 is 1.96 bits per heavy atom. The van der Waals surface area contributed by atoms with Crippen LogP contribution in [0.25, 0.3) is 0 Å². The molecule has 3 rings (SSSR count). The summed E-state index contributed by atoms with van der Waals surface area (Å²) in [5.74, 6) is 0.905. The molecule has 1 heterocycles. The number of benzene rings is 2. The summed E-state index contributed by atoms with van der Waals surface area (Å²) in [6, 6.07) is 17.7. The fourth-order valence-corrected chi connectivity index (χ4v) is 3.66. The fraction of sp³-hybridized carbons (Fsp3) is 0.409. The summed E-state index contributed by atoms with van der Waals surface area (Å²) >= 11 is 6.09. The van der Waals surface area contributed by atoms with Crippen molar-refractivity contribution in [3.05, 3.63) is 65.2 Å². The monoisotopic (exact) mass is 386 g/mol.